The van der Waals surface area contributed by atoms with E-state index >= 15 is 0 Å². The molecule has 0 saturated heterocycles. The Morgan fingerprint density at radius 2 is 1.13 bits per heavy atom. The van der Waals surface area contributed by atoms with Crippen molar-refractivity contribution in [2.75, 3.05) is 0 Å². The van der Waals surface area contributed by atoms with Crippen molar-refractivity contribution in [3.8, 4) is 23.0 Å². The lowest BCUT2D eigenvalue weighted by atomic mass is 9.58. The quantitative estimate of drug-likeness (QED) is 0.551. The zero-order valence-corrected chi connectivity index (χ0v) is 15.6. The minimum Gasteiger partial charge on any atom is -0.523 e. The molecular formula is C21H15B2F3O4. The third kappa shape index (κ3) is 3.56. The van der Waals surface area contributed by atoms with Gasteiger partial charge in [0.1, 0.15) is 23.0 Å². The summed E-state index contributed by atoms with van der Waals surface area (Å²) in [5.41, 5.74) is -0.0636. The van der Waals surface area contributed by atoms with Crippen LogP contribution in [0.2, 0.25) is 6.32 Å². The lowest BCUT2D eigenvalue weighted by molar-refractivity contribution is -0.137. The molecule has 0 radical (unpaired) electrons. The number of alkyl halides is 3. The monoisotopic (exact) mass is 410 g/mol. The van der Waals surface area contributed by atoms with Crippen LogP contribution in [0.4, 0.5) is 13.2 Å². The highest BCUT2D eigenvalue weighted by Gasteiger charge is 2.46. The molecule has 1 unspecified atom stereocenters. The van der Waals surface area contributed by atoms with Crippen LogP contribution in [-0.4, -0.2) is 14.2 Å². The van der Waals surface area contributed by atoms with Crippen LogP contribution in [0.25, 0.3) is 0 Å². The lowest BCUT2D eigenvalue weighted by Crippen LogP contribution is -2.38. The highest BCUT2D eigenvalue weighted by atomic mass is 19.4. The summed E-state index contributed by atoms with van der Waals surface area (Å²) >= 11 is 0. The van der Waals surface area contributed by atoms with Crippen molar-refractivity contribution < 1.29 is 31.8 Å². The van der Waals surface area contributed by atoms with Gasteiger partial charge in [-0.2, -0.15) is 13.2 Å². The second kappa shape index (κ2) is 7.23. The number of para-hydroxylation sites is 4. The normalized spacial score (nSPS) is 15.4. The van der Waals surface area contributed by atoms with Crippen molar-refractivity contribution in [1.82, 2.24) is 0 Å². The summed E-state index contributed by atoms with van der Waals surface area (Å²) in [7, 11) is -1.32. The van der Waals surface area contributed by atoms with Crippen LogP contribution in [0, 0.1) is 0 Å². The number of fused-ring (bicyclic) bond motifs is 2. The molecule has 3 aromatic rings. The fraction of sp³-hybridized carbons (Fsp3) is 0.143. The molecule has 9 heteroatoms. The Labute approximate surface area is 171 Å². The van der Waals surface area contributed by atoms with E-state index in [1.807, 2.05) is 24.3 Å². The maximum atomic E-state index is 13.0. The zero-order valence-electron chi connectivity index (χ0n) is 15.6. The molecule has 150 valence electrons. The Kier molecular flexibility index (Phi) is 4.53. The molecule has 1 atom stereocenters. The van der Waals surface area contributed by atoms with E-state index in [-0.39, 0.29) is 0 Å². The van der Waals surface area contributed by atoms with E-state index in [2.05, 4.69) is 0 Å². The third-order valence-electron chi connectivity index (χ3n) is 5.14. The second-order valence-corrected chi connectivity index (χ2v) is 7.12. The van der Waals surface area contributed by atoms with Gasteiger partial charge in [-0.25, -0.2) is 0 Å². The summed E-state index contributed by atoms with van der Waals surface area (Å²) in [5.74, 6) is 2.03. The first-order chi connectivity index (χ1) is 14.5. The maximum absolute atomic E-state index is 13.0. The molecule has 2 aliphatic heterocycles. The molecule has 30 heavy (non-hydrogen) atoms. The molecule has 0 saturated carbocycles. The summed E-state index contributed by atoms with van der Waals surface area (Å²) in [5, 5.41) is 0. The molecule has 0 N–H and O–H groups in total. The molecule has 2 heterocycles. The molecule has 4 nitrogen and oxygen atoms in total. The average Bonchev–Trinajstić information content (AvgIpc) is 3.34. The van der Waals surface area contributed by atoms with E-state index in [4.69, 9.17) is 18.6 Å². The van der Waals surface area contributed by atoms with Gasteiger partial charge in [-0.3, -0.25) is 0 Å². The summed E-state index contributed by atoms with van der Waals surface area (Å²) in [6, 6.07) is 19.6. The fourth-order valence-electron chi connectivity index (χ4n) is 3.66. The number of rotatable bonds is 4. The third-order valence-corrected chi connectivity index (χ3v) is 5.14. The van der Waals surface area contributed by atoms with Crippen molar-refractivity contribution >= 4 is 14.2 Å². The van der Waals surface area contributed by atoms with Gasteiger partial charge in [0.25, 0.3) is 0 Å². The van der Waals surface area contributed by atoms with Crippen LogP contribution in [0.5, 0.6) is 23.0 Å². The van der Waals surface area contributed by atoms with Gasteiger partial charge in [0, 0.05) is 12.1 Å². The summed E-state index contributed by atoms with van der Waals surface area (Å²) < 4.78 is 62.6. The van der Waals surface area contributed by atoms with Crippen LogP contribution in [0.1, 0.15) is 16.9 Å². The van der Waals surface area contributed by atoms with E-state index < -0.39 is 31.8 Å². The summed E-state index contributed by atoms with van der Waals surface area (Å²) in [6.07, 6.45) is -4.07. The maximum Gasteiger partial charge on any atom is 0.602 e. The Balaban J connectivity index is 1.41. The van der Waals surface area contributed by atoms with Gasteiger partial charge in [0.15, 0.2) is 0 Å². The summed E-state index contributed by atoms with van der Waals surface area (Å²) in [4.78, 5) is 0. The van der Waals surface area contributed by atoms with Crippen LogP contribution >= 0.6 is 0 Å². The molecule has 0 bridgehead atoms. The van der Waals surface area contributed by atoms with Gasteiger partial charge < -0.3 is 18.6 Å². The van der Waals surface area contributed by atoms with Crippen LogP contribution in [0.3, 0.4) is 0 Å². The first-order valence-electron chi connectivity index (χ1n) is 9.49. The van der Waals surface area contributed by atoms with E-state index in [0.717, 1.165) is 12.1 Å². The minimum atomic E-state index is -4.40. The highest BCUT2D eigenvalue weighted by molar-refractivity contribution is 6.55. The fourth-order valence-corrected chi connectivity index (χ4v) is 3.66. The minimum absolute atomic E-state index is 0.332. The van der Waals surface area contributed by atoms with Gasteiger partial charge in [-0.15, -0.1) is 0 Å². The van der Waals surface area contributed by atoms with Gasteiger partial charge in [0.2, 0.25) is 0 Å². The molecule has 0 spiro atoms. The van der Waals surface area contributed by atoms with Gasteiger partial charge in [-0.05, 0) is 42.0 Å². The molecule has 0 amide bonds. The smallest absolute Gasteiger partial charge is 0.523 e. The van der Waals surface area contributed by atoms with Gasteiger partial charge >= 0.3 is 20.4 Å². The zero-order chi connectivity index (χ0) is 20.7. The Bertz CT molecular complexity index is 1010. The van der Waals surface area contributed by atoms with Gasteiger partial charge in [0.05, 0.1) is 5.56 Å². The SMILES string of the molecule is FC(F)(F)c1ccc(C(CB2Oc3ccccc3O2)B2Oc3ccccc3O2)cc1. The number of halogens is 3. The molecule has 2 aliphatic rings. The number of hydrogen-bond acceptors (Lipinski definition) is 4. The molecule has 3 aromatic carbocycles. The average molecular weight is 410 g/mol. The van der Waals surface area contributed by atoms with Crippen molar-refractivity contribution in [2.45, 2.75) is 18.3 Å². The van der Waals surface area contributed by atoms with E-state index in [9.17, 15) is 13.2 Å². The summed E-state index contributed by atoms with van der Waals surface area (Å²) in [6.45, 7) is 0. The first-order valence-corrected chi connectivity index (χ1v) is 9.49. The molecular weight excluding hydrogens is 395 g/mol. The van der Waals surface area contributed by atoms with Crippen LogP contribution < -0.4 is 18.6 Å². The van der Waals surface area contributed by atoms with Crippen molar-refractivity contribution in [2.24, 2.45) is 0 Å². The van der Waals surface area contributed by atoms with Crippen molar-refractivity contribution in [3.05, 3.63) is 83.9 Å². The van der Waals surface area contributed by atoms with Gasteiger partial charge in [-0.1, -0.05) is 36.4 Å². The van der Waals surface area contributed by atoms with Crippen molar-refractivity contribution in [1.29, 1.82) is 0 Å². The number of hydrogen-bond donors (Lipinski definition) is 0. The van der Waals surface area contributed by atoms with Crippen LogP contribution in [-0.2, 0) is 6.18 Å². The predicted octanol–water partition coefficient (Wildman–Crippen LogP) is 5.25. The largest absolute Gasteiger partial charge is 0.602 e. The van der Waals surface area contributed by atoms with E-state index in [1.54, 1.807) is 24.3 Å². The highest BCUT2D eigenvalue weighted by Crippen LogP contribution is 2.41. The predicted molar refractivity (Wildman–Crippen MR) is 106 cm³/mol. The number of benzene rings is 3. The molecule has 0 aromatic heterocycles. The first kappa shape index (κ1) is 18.8. The second-order valence-electron chi connectivity index (χ2n) is 7.12. The lowest BCUT2D eigenvalue weighted by Gasteiger charge is -2.20. The topological polar surface area (TPSA) is 36.9 Å². The van der Waals surface area contributed by atoms with Crippen LogP contribution in [0.15, 0.2) is 72.8 Å². The Hall–Kier alpha value is -3.22. The Morgan fingerprint density at radius 3 is 1.60 bits per heavy atom. The van der Waals surface area contributed by atoms with E-state index in [1.165, 1.54) is 12.1 Å². The molecule has 5 rings (SSSR count). The van der Waals surface area contributed by atoms with Crippen molar-refractivity contribution in [3.63, 3.8) is 0 Å². The van der Waals surface area contributed by atoms with E-state index in [0.29, 0.717) is 34.9 Å². The Morgan fingerprint density at radius 1 is 0.667 bits per heavy atom. The molecule has 0 fully saturated rings. The standard InChI is InChI=1S/C21H15B2F3O4/c24-21(25,26)15-11-9-14(10-12-15)16(23-29-19-7-3-4-8-20(19)30-23)13-22-27-17-5-1-2-6-18(17)28-22/h1-12,16H,13H2. The molecule has 0 aliphatic carbocycles.